The lowest BCUT2D eigenvalue weighted by Gasteiger charge is -2.26. The molecule has 3 N–H and O–H groups in total. The second kappa shape index (κ2) is 5.87. The molecule has 4 heteroatoms. The van der Waals surface area contributed by atoms with Gasteiger partial charge in [0.1, 0.15) is 0 Å². The third-order valence-electron chi connectivity index (χ3n) is 3.21. The summed E-state index contributed by atoms with van der Waals surface area (Å²) in [6.45, 7) is 5.72. The molecule has 1 heterocycles. The Kier molecular flexibility index (Phi) is 4.20. The molecule has 98 valence electrons. The average molecular weight is 247 g/mol. The maximum Gasteiger partial charge on any atom is 0.221 e. The standard InChI is InChI=1S/C14H21N3O/c1-10-5-6-12(16-11(2)18)8-14(10)17-13-4-3-7-15-9-13/h5-6,8,13,15,17H,3-4,7,9H2,1-2H3,(H,16,18). The van der Waals surface area contributed by atoms with Crippen LogP contribution in [-0.2, 0) is 4.79 Å². The van der Waals surface area contributed by atoms with Crippen LogP contribution in [0.1, 0.15) is 25.3 Å². The van der Waals surface area contributed by atoms with Crippen LogP contribution < -0.4 is 16.0 Å². The molecule has 1 aliphatic heterocycles. The van der Waals surface area contributed by atoms with Crippen LogP contribution in [-0.4, -0.2) is 25.0 Å². The van der Waals surface area contributed by atoms with E-state index >= 15 is 0 Å². The zero-order chi connectivity index (χ0) is 13.0. The summed E-state index contributed by atoms with van der Waals surface area (Å²) in [5.41, 5.74) is 3.16. The first-order valence-corrected chi connectivity index (χ1v) is 6.50. The molecule has 18 heavy (non-hydrogen) atoms. The summed E-state index contributed by atoms with van der Waals surface area (Å²) in [5.74, 6) is -0.0378. The molecule has 0 radical (unpaired) electrons. The Morgan fingerprint density at radius 1 is 1.44 bits per heavy atom. The van der Waals surface area contributed by atoms with Crippen molar-refractivity contribution in [2.24, 2.45) is 0 Å². The van der Waals surface area contributed by atoms with Gasteiger partial charge in [0.2, 0.25) is 5.91 Å². The van der Waals surface area contributed by atoms with Gasteiger partial charge in [0, 0.05) is 30.9 Å². The first-order chi connectivity index (χ1) is 8.65. The third-order valence-corrected chi connectivity index (χ3v) is 3.21. The molecular formula is C14H21N3O. The summed E-state index contributed by atoms with van der Waals surface area (Å²) in [4.78, 5) is 11.1. The molecule has 0 aliphatic carbocycles. The summed E-state index contributed by atoms with van der Waals surface area (Å²) >= 11 is 0. The van der Waals surface area contributed by atoms with Crippen molar-refractivity contribution in [2.45, 2.75) is 32.7 Å². The Hall–Kier alpha value is -1.55. The number of nitrogens with one attached hydrogen (secondary N) is 3. The molecule has 4 nitrogen and oxygen atoms in total. The van der Waals surface area contributed by atoms with E-state index in [1.165, 1.54) is 25.3 Å². The van der Waals surface area contributed by atoms with Crippen LogP contribution in [0.15, 0.2) is 18.2 Å². The van der Waals surface area contributed by atoms with Crippen molar-refractivity contribution in [2.75, 3.05) is 23.7 Å². The average Bonchev–Trinajstić information content (AvgIpc) is 2.34. The maximum absolute atomic E-state index is 11.1. The van der Waals surface area contributed by atoms with Crippen molar-refractivity contribution in [1.82, 2.24) is 5.32 Å². The fraction of sp³-hybridized carbons (Fsp3) is 0.500. The van der Waals surface area contributed by atoms with E-state index in [0.717, 1.165) is 24.5 Å². The first kappa shape index (κ1) is 12.9. The van der Waals surface area contributed by atoms with Gasteiger partial charge in [-0.2, -0.15) is 0 Å². The van der Waals surface area contributed by atoms with Crippen LogP contribution in [0.3, 0.4) is 0 Å². The number of amides is 1. The molecule has 0 saturated carbocycles. The van der Waals surface area contributed by atoms with E-state index in [-0.39, 0.29) is 5.91 Å². The third kappa shape index (κ3) is 3.47. The highest BCUT2D eigenvalue weighted by Gasteiger charge is 2.13. The molecule has 1 aromatic carbocycles. The Balaban J connectivity index is 2.07. The topological polar surface area (TPSA) is 53.2 Å². The molecule has 1 aliphatic rings. The molecule has 1 unspecified atom stereocenters. The van der Waals surface area contributed by atoms with Gasteiger partial charge < -0.3 is 16.0 Å². The number of anilines is 2. The Morgan fingerprint density at radius 3 is 2.94 bits per heavy atom. The lowest BCUT2D eigenvalue weighted by atomic mass is 10.1. The van der Waals surface area contributed by atoms with Crippen molar-refractivity contribution in [3.8, 4) is 0 Å². The lowest BCUT2D eigenvalue weighted by Crippen LogP contribution is -2.38. The largest absolute Gasteiger partial charge is 0.381 e. The van der Waals surface area contributed by atoms with Crippen LogP contribution in [0.25, 0.3) is 0 Å². The Bertz CT molecular complexity index is 425. The Labute approximate surface area is 108 Å². The molecule has 1 atom stereocenters. The van der Waals surface area contributed by atoms with E-state index in [0.29, 0.717) is 6.04 Å². The zero-order valence-electron chi connectivity index (χ0n) is 11.0. The molecular weight excluding hydrogens is 226 g/mol. The van der Waals surface area contributed by atoms with Gasteiger partial charge in [-0.05, 0) is 44.0 Å². The second-order valence-corrected chi connectivity index (χ2v) is 4.90. The molecule has 2 rings (SSSR count). The highest BCUT2D eigenvalue weighted by atomic mass is 16.1. The van der Waals surface area contributed by atoms with E-state index in [9.17, 15) is 4.79 Å². The number of rotatable bonds is 3. The summed E-state index contributed by atoms with van der Waals surface area (Å²) in [7, 11) is 0. The van der Waals surface area contributed by atoms with Gasteiger partial charge in [0.25, 0.3) is 0 Å². The number of carbonyl (C=O) groups excluding carboxylic acids is 1. The molecule has 0 aromatic heterocycles. The van der Waals surface area contributed by atoms with Gasteiger partial charge in [-0.15, -0.1) is 0 Å². The summed E-state index contributed by atoms with van der Waals surface area (Å²) in [6.07, 6.45) is 2.40. The first-order valence-electron chi connectivity index (χ1n) is 6.50. The van der Waals surface area contributed by atoms with E-state index in [2.05, 4.69) is 22.9 Å². The van der Waals surface area contributed by atoms with Gasteiger partial charge in [-0.25, -0.2) is 0 Å². The summed E-state index contributed by atoms with van der Waals surface area (Å²) < 4.78 is 0. The van der Waals surface area contributed by atoms with Crippen molar-refractivity contribution >= 4 is 17.3 Å². The molecule has 1 aromatic rings. The SMILES string of the molecule is CC(=O)Nc1ccc(C)c(NC2CCCNC2)c1. The minimum atomic E-state index is -0.0378. The van der Waals surface area contributed by atoms with E-state index in [1.807, 2.05) is 18.2 Å². The summed E-state index contributed by atoms with van der Waals surface area (Å²) in [5, 5.41) is 9.75. The summed E-state index contributed by atoms with van der Waals surface area (Å²) in [6, 6.07) is 6.45. The van der Waals surface area contributed by atoms with Gasteiger partial charge in [-0.3, -0.25) is 4.79 Å². The fourth-order valence-corrected chi connectivity index (χ4v) is 2.25. The van der Waals surface area contributed by atoms with Crippen molar-refractivity contribution in [3.63, 3.8) is 0 Å². The molecule has 1 saturated heterocycles. The molecule has 1 fully saturated rings. The number of hydrogen-bond donors (Lipinski definition) is 3. The number of carbonyl (C=O) groups is 1. The normalized spacial score (nSPS) is 19.3. The smallest absolute Gasteiger partial charge is 0.221 e. The van der Waals surface area contributed by atoms with E-state index < -0.39 is 0 Å². The monoisotopic (exact) mass is 247 g/mol. The van der Waals surface area contributed by atoms with Crippen LogP contribution in [0.4, 0.5) is 11.4 Å². The highest BCUT2D eigenvalue weighted by molar-refractivity contribution is 5.89. The minimum Gasteiger partial charge on any atom is -0.381 e. The predicted octanol–water partition coefficient (Wildman–Crippen LogP) is 2.12. The van der Waals surface area contributed by atoms with Crippen LogP contribution in [0.5, 0.6) is 0 Å². The number of aryl methyl sites for hydroxylation is 1. The maximum atomic E-state index is 11.1. The van der Waals surface area contributed by atoms with Crippen LogP contribution in [0.2, 0.25) is 0 Å². The van der Waals surface area contributed by atoms with Crippen LogP contribution >= 0.6 is 0 Å². The second-order valence-electron chi connectivity index (χ2n) is 4.90. The van der Waals surface area contributed by atoms with E-state index in [1.54, 1.807) is 0 Å². The van der Waals surface area contributed by atoms with Crippen molar-refractivity contribution in [1.29, 1.82) is 0 Å². The predicted molar refractivity (Wildman–Crippen MR) is 75.0 cm³/mol. The molecule has 1 amide bonds. The van der Waals surface area contributed by atoms with Crippen molar-refractivity contribution in [3.05, 3.63) is 23.8 Å². The van der Waals surface area contributed by atoms with Gasteiger partial charge in [0.05, 0.1) is 0 Å². The molecule has 0 bridgehead atoms. The van der Waals surface area contributed by atoms with Crippen molar-refractivity contribution < 1.29 is 4.79 Å². The van der Waals surface area contributed by atoms with Gasteiger partial charge in [-0.1, -0.05) is 6.07 Å². The number of benzene rings is 1. The number of piperidine rings is 1. The molecule has 0 spiro atoms. The highest BCUT2D eigenvalue weighted by Crippen LogP contribution is 2.22. The quantitative estimate of drug-likeness (QED) is 0.767. The zero-order valence-corrected chi connectivity index (χ0v) is 11.0. The van der Waals surface area contributed by atoms with Crippen LogP contribution in [0, 0.1) is 6.92 Å². The van der Waals surface area contributed by atoms with Gasteiger partial charge in [0.15, 0.2) is 0 Å². The Morgan fingerprint density at radius 2 is 2.28 bits per heavy atom. The number of hydrogen-bond acceptors (Lipinski definition) is 3. The minimum absolute atomic E-state index is 0.0378. The fourth-order valence-electron chi connectivity index (χ4n) is 2.25. The lowest BCUT2D eigenvalue weighted by molar-refractivity contribution is -0.114. The van der Waals surface area contributed by atoms with Gasteiger partial charge >= 0.3 is 0 Å². The van der Waals surface area contributed by atoms with E-state index in [4.69, 9.17) is 0 Å².